The minimum Gasteiger partial charge on any atom is -0.497 e. The minimum absolute atomic E-state index is 0.0616. The summed E-state index contributed by atoms with van der Waals surface area (Å²) < 4.78 is 13.2. The first-order valence-electron chi connectivity index (χ1n) is 10.3. The predicted octanol–water partition coefficient (Wildman–Crippen LogP) is 2.94. The number of hydrogen-bond donors (Lipinski definition) is 2. The maximum atomic E-state index is 6.01. The van der Waals surface area contributed by atoms with Crippen LogP contribution in [0.5, 0.6) is 11.5 Å². The van der Waals surface area contributed by atoms with Crippen molar-refractivity contribution < 1.29 is 9.47 Å². The lowest BCUT2D eigenvalue weighted by Crippen LogP contribution is -2.42. The van der Waals surface area contributed by atoms with Crippen LogP contribution in [0.15, 0.2) is 46.8 Å². The van der Waals surface area contributed by atoms with E-state index in [-0.39, 0.29) is 6.10 Å². The third kappa shape index (κ3) is 6.99. The number of ether oxygens (including phenoxy) is 2. The van der Waals surface area contributed by atoms with E-state index in [4.69, 9.17) is 14.5 Å². The molecule has 31 heavy (non-hydrogen) atoms. The lowest BCUT2D eigenvalue weighted by molar-refractivity contribution is 0.223. The van der Waals surface area contributed by atoms with Crippen LogP contribution in [-0.2, 0) is 20.0 Å². The summed E-state index contributed by atoms with van der Waals surface area (Å²) in [5, 5.41) is 17.2. The van der Waals surface area contributed by atoms with Crippen molar-refractivity contribution in [3.63, 3.8) is 0 Å². The quantitative estimate of drug-likeness (QED) is 0.371. The Balaban J connectivity index is 1.57. The van der Waals surface area contributed by atoms with E-state index in [1.54, 1.807) is 18.4 Å². The van der Waals surface area contributed by atoms with Gasteiger partial charge in [-0.3, -0.25) is 0 Å². The van der Waals surface area contributed by atoms with Crippen LogP contribution in [0.3, 0.4) is 0 Å². The zero-order valence-electron chi connectivity index (χ0n) is 18.5. The first-order valence-corrected chi connectivity index (χ1v) is 11.1. The molecular weight excluding hydrogens is 412 g/mol. The molecular formula is C22H30N6O2S. The molecule has 1 aromatic carbocycles. The molecule has 166 valence electrons. The van der Waals surface area contributed by atoms with Crippen LogP contribution in [-0.4, -0.2) is 47.0 Å². The average Bonchev–Trinajstić information content (AvgIpc) is 3.40. The lowest BCUT2D eigenvalue weighted by Gasteiger charge is -2.18. The van der Waals surface area contributed by atoms with Gasteiger partial charge in [-0.2, -0.15) is 0 Å². The number of aryl methyl sites for hydroxylation is 1. The molecule has 1 atom stereocenters. The zero-order valence-corrected chi connectivity index (χ0v) is 19.3. The van der Waals surface area contributed by atoms with Gasteiger partial charge in [0.2, 0.25) is 0 Å². The summed E-state index contributed by atoms with van der Waals surface area (Å²) >= 11 is 1.76. The Morgan fingerprint density at radius 2 is 2.03 bits per heavy atom. The van der Waals surface area contributed by atoms with Gasteiger partial charge in [-0.15, -0.1) is 21.5 Å². The summed E-state index contributed by atoms with van der Waals surface area (Å²) in [5.41, 5.74) is 0. The number of methoxy groups -OCH3 is 1. The average molecular weight is 443 g/mol. The Hall–Kier alpha value is -3.07. The van der Waals surface area contributed by atoms with Crippen molar-refractivity contribution in [3.8, 4) is 11.5 Å². The highest BCUT2D eigenvalue weighted by molar-refractivity contribution is 7.09. The van der Waals surface area contributed by atoms with Gasteiger partial charge in [0.15, 0.2) is 11.8 Å². The topological polar surface area (TPSA) is 85.6 Å². The van der Waals surface area contributed by atoms with E-state index in [0.29, 0.717) is 13.1 Å². The molecule has 1 unspecified atom stereocenters. The molecule has 0 amide bonds. The molecule has 2 aromatic heterocycles. The van der Waals surface area contributed by atoms with Crippen molar-refractivity contribution in [2.24, 2.45) is 12.0 Å². The van der Waals surface area contributed by atoms with E-state index in [0.717, 1.165) is 42.1 Å². The molecule has 0 bridgehead atoms. The first-order chi connectivity index (χ1) is 15.0. The summed E-state index contributed by atoms with van der Waals surface area (Å²) in [5.74, 6) is 3.95. The van der Waals surface area contributed by atoms with E-state index in [9.17, 15) is 0 Å². The summed E-state index contributed by atoms with van der Waals surface area (Å²) in [7, 11) is 3.59. The van der Waals surface area contributed by atoms with Gasteiger partial charge in [-0.1, -0.05) is 12.1 Å². The van der Waals surface area contributed by atoms with Crippen LogP contribution in [0.25, 0.3) is 0 Å². The monoisotopic (exact) mass is 442 g/mol. The van der Waals surface area contributed by atoms with Gasteiger partial charge in [0.1, 0.15) is 30.0 Å². The van der Waals surface area contributed by atoms with Gasteiger partial charge in [-0.05, 0) is 43.8 Å². The van der Waals surface area contributed by atoms with E-state index in [1.165, 1.54) is 4.88 Å². The van der Waals surface area contributed by atoms with Gasteiger partial charge >= 0.3 is 0 Å². The third-order valence-electron chi connectivity index (χ3n) is 4.74. The fourth-order valence-corrected chi connectivity index (χ4v) is 3.57. The van der Waals surface area contributed by atoms with Crippen molar-refractivity contribution in [1.82, 2.24) is 25.4 Å². The minimum atomic E-state index is -0.0616. The van der Waals surface area contributed by atoms with Gasteiger partial charge < -0.3 is 24.7 Å². The molecule has 0 fully saturated rings. The van der Waals surface area contributed by atoms with Crippen molar-refractivity contribution in [2.75, 3.05) is 20.2 Å². The van der Waals surface area contributed by atoms with Crippen LogP contribution in [0.1, 0.15) is 23.4 Å². The molecule has 3 rings (SSSR count). The van der Waals surface area contributed by atoms with Gasteiger partial charge in [0.25, 0.3) is 0 Å². The molecule has 0 radical (unpaired) electrons. The molecule has 0 saturated heterocycles. The maximum absolute atomic E-state index is 6.01. The summed E-state index contributed by atoms with van der Waals surface area (Å²) in [6.07, 6.45) is 0.880. The summed E-state index contributed by atoms with van der Waals surface area (Å²) in [6.45, 7) is 5.77. The highest BCUT2D eigenvalue weighted by Crippen LogP contribution is 2.19. The largest absolute Gasteiger partial charge is 0.497 e. The highest BCUT2D eigenvalue weighted by Gasteiger charge is 2.09. The smallest absolute Gasteiger partial charge is 0.191 e. The Bertz CT molecular complexity index is 970. The number of rotatable bonds is 10. The SMILES string of the molecule is COc1cccc(OC(C)CNC(=NCc2nnc(C)n2C)NCCc2cccs2)c1. The van der Waals surface area contributed by atoms with Crippen LogP contribution in [0.4, 0.5) is 0 Å². The van der Waals surface area contributed by atoms with E-state index < -0.39 is 0 Å². The van der Waals surface area contributed by atoms with Crippen molar-refractivity contribution in [2.45, 2.75) is 32.9 Å². The Morgan fingerprint density at radius 1 is 1.19 bits per heavy atom. The van der Waals surface area contributed by atoms with Crippen molar-refractivity contribution in [1.29, 1.82) is 0 Å². The molecule has 8 nitrogen and oxygen atoms in total. The maximum Gasteiger partial charge on any atom is 0.191 e. The fourth-order valence-electron chi connectivity index (χ4n) is 2.86. The molecule has 9 heteroatoms. The van der Waals surface area contributed by atoms with Crippen LogP contribution >= 0.6 is 11.3 Å². The predicted molar refractivity (Wildman–Crippen MR) is 124 cm³/mol. The second-order valence-electron chi connectivity index (χ2n) is 7.13. The Morgan fingerprint density at radius 3 is 2.74 bits per heavy atom. The van der Waals surface area contributed by atoms with Gasteiger partial charge in [0, 0.05) is 24.5 Å². The first kappa shape index (κ1) is 22.6. The standard InChI is InChI=1S/C22H30N6O2S/c1-16(30-19-8-5-7-18(13-19)29-4)14-24-22(23-11-10-20-9-6-12-31-20)25-15-21-27-26-17(2)28(21)3/h5-9,12-13,16H,10-11,14-15H2,1-4H3,(H2,23,24,25). The molecule has 0 spiro atoms. The molecule has 2 heterocycles. The summed E-state index contributed by atoms with van der Waals surface area (Å²) in [6, 6.07) is 11.8. The van der Waals surface area contributed by atoms with E-state index in [2.05, 4.69) is 38.3 Å². The van der Waals surface area contributed by atoms with E-state index >= 15 is 0 Å². The molecule has 3 aromatic rings. The summed E-state index contributed by atoms with van der Waals surface area (Å²) in [4.78, 5) is 6.03. The molecule has 2 N–H and O–H groups in total. The number of nitrogens with zero attached hydrogens (tertiary/aromatic N) is 4. The normalized spacial score (nSPS) is 12.5. The van der Waals surface area contributed by atoms with Crippen molar-refractivity contribution in [3.05, 3.63) is 58.3 Å². The zero-order chi connectivity index (χ0) is 22.1. The number of nitrogens with one attached hydrogen (secondary N) is 2. The Labute approximate surface area is 187 Å². The second kappa shape index (κ2) is 11.4. The Kier molecular flexibility index (Phi) is 8.28. The van der Waals surface area contributed by atoms with Gasteiger partial charge in [0.05, 0.1) is 13.7 Å². The number of guanidine groups is 1. The number of aromatic nitrogens is 3. The molecule has 0 saturated carbocycles. The van der Waals surface area contributed by atoms with E-state index in [1.807, 2.05) is 49.7 Å². The number of benzene rings is 1. The highest BCUT2D eigenvalue weighted by atomic mass is 32.1. The van der Waals surface area contributed by atoms with Crippen LogP contribution < -0.4 is 20.1 Å². The number of thiophene rings is 1. The molecule has 0 aliphatic rings. The molecule has 0 aliphatic heterocycles. The number of aliphatic imine (C=N–C) groups is 1. The lowest BCUT2D eigenvalue weighted by atomic mass is 10.3. The van der Waals surface area contributed by atoms with Crippen LogP contribution in [0, 0.1) is 6.92 Å². The fraction of sp³-hybridized carbons (Fsp3) is 0.409. The van der Waals surface area contributed by atoms with Crippen molar-refractivity contribution >= 4 is 17.3 Å². The molecule has 0 aliphatic carbocycles. The van der Waals surface area contributed by atoms with Gasteiger partial charge in [-0.25, -0.2) is 4.99 Å². The third-order valence-corrected chi connectivity index (χ3v) is 5.68. The van der Waals surface area contributed by atoms with Crippen LogP contribution in [0.2, 0.25) is 0 Å². The second-order valence-corrected chi connectivity index (χ2v) is 8.16. The number of hydrogen-bond acceptors (Lipinski definition) is 6.